The molecule has 1 amide bonds. The molecule has 1 aromatic heterocycles. The monoisotopic (exact) mass is 442 g/mol. The number of halogens is 1. The number of benzene rings is 2. The molecule has 2 aromatic carbocycles. The van der Waals surface area contributed by atoms with Crippen molar-refractivity contribution >= 4 is 45.5 Å². The molecule has 0 aliphatic heterocycles. The number of carbonyl (C=O) groups is 2. The molecule has 1 aliphatic rings. The van der Waals surface area contributed by atoms with Crippen molar-refractivity contribution in [3.8, 4) is 0 Å². The molecule has 0 saturated heterocycles. The number of nitrogens with zero attached hydrogens (tertiary/aromatic N) is 3. The van der Waals surface area contributed by atoms with Crippen molar-refractivity contribution < 1.29 is 14.0 Å². The Labute approximate surface area is 191 Å². The number of aromatic nitrogens is 2. The second kappa shape index (κ2) is 9.16. The zero-order valence-corrected chi connectivity index (χ0v) is 18.4. The highest BCUT2D eigenvalue weighted by Crippen LogP contribution is 2.28. The molecule has 1 heterocycles. The smallest absolute Gasteiger partial charge is 0.286 e. The Balaban J connectivity index is 1.60. The Bertz CT molecular complexity index is 1340. The fourth-order valence-corrected chi connectivity index (χ4v) is 3.86. The Kier molecular flexibility index (Phi) is 6.13. The number of hydrogen-bond donors (Lipinski definition) is 1. The van der Waals surface area contributed by atoms with Gasteiger partial charge in [-0.25, -0.2) is 14.4 Å². The van der Waals surface area contributed by atoms with E-state index in [1.54, 1.807) is 37.4 Å². The summed E-state index contributed by atoms with van der Waals surface area (Å²) >= 11 is 0. The summed E-state index contributed by atoms with van der Waals surface area (Å²) in [6.07, 6.45) is 5.95. The molecule has 0 bridgehead atoms. The molecule has 0 fully saturated rings. The number of allylic oxidation sites excluding steroid dienone is 4. The van der Waals surface area contributed by atoms with E-state index in [2.05, 4.69) is 21.9 Å². The van der Waals surface area contributed by atoms with E-state index in [1.165, 1.54) is 4.90 Å². The van der Waals surface area contributed by atoms with Gasteiger partial charge < -0.3 is 10.2 Å². The first-order chi connectivity index (χ1) is 15.9. The van der Waals surface area contributed by atoms with Crippen LogP contribution < -0.4 is 10.2 Å². The molecule has 1 N–H and O–H groups in total. The van der Waals surface area contributed by atoms with Gasteiger partial charge in [0.25, 0.3) is 5.91 Å². The van der Waals surface area contributed by atoms with Crippen molar-refractivity contribution in [2.45, 2.75) is 20.3 Å². The number of carbonyl (C=O) groups excluding carboxylic acids is 2. The summed E-state index contributed by atoms with van der Waals surface area (Å²) in [4.78, 5) is 34.7. The average molecular weight is 442 g/mol. The van der Waals surface area contributed by atoms with E-state index in [4.69, 9.17) is 0 Å². The lowest BCUT2D eigenvalue weighted by Gasteiger charge is -2.20. The zero-order valence-electron chi connectivity index (χ0n) is 18.4. The summed E-state index contributed by atoms with van der Waals surface area (Å²) < 4.78 is 13.4. The van der Waals surface area contributed by atoms with Crippen LogP contribution in [-0.4, -0.2) is 28.2 Å². The highest BCUT2D eigenvalue weighted by atomic mass is 19.1. The molecule has 33 heavy (non-hydrogen) atoms. The standard InChI is InChI=1S/C26H23FN4O2/c1-4-31(25(33)17(3)27)21-9-6-8-20(14-21)29-26-28-15-19-13-18(11-12-22(19)30-26)24-16(2)7-5-10-23(24)32/h5-9,11-15H,3-4,10H2,1-2H3,(H,28,29,30). The van der Waals surface area contributed by atoms with Gasteiger partial charge in [-0.2, -0.15) is 0 Å². The SMILES string of the molecule is C=C(F)C(=O)N(CC)c1cccc(Nc2ncc3cc(C4=C(C)C=CCC4=O)ccc3n2)c1. The first-order valence-corrected chi connectivity index (χ1v) is 10.6. The molecule has 3 aromatic rings. The van der Waals surface area contributed by atoms with Gasteiger partial charge in [-0.1, -0.05) is 30.9 Å². The van der Waals surface area contributed by atoms with Gasteiger partial charge in [0.15, 0.2) is 11.6 Å². The lowest BCUT2D eigenvalue weighted by atomic mass is 9.91. The van der Waals surface area contributed by atoms with Crippen molar-refractivity contribution in [3.63, 3.8) is 0 Å². The Morgan fingerprint density at radius 1 is 1.24 bits per heavy atom. The van der Waals surface area contributed by atoms with Crippen LogP contribution in [0.1, 0.15) is 25.8 Å². The quantitative estimate of drug-likeness (QED) is 0.510. The molecule has 166 valence electrons. The lowest BCUT2D eigenvalue weighted by molar-refractivity contribution is -0.116. The van der Waals surface area contributed by atoms with E-state index < -0.39 is 11.7 Å². The van der Waals surface area contributed by atoms with Gasteiger partial charge in [0.1, 0.15) is 0 Å². The largest absolute Gasteiger partial charge is 0.324 e. The van der Waals surface area contributed by atoms with Gasteiger partial charge in [-0.05, 0) is 55.3 Å². The zero-order chi connectivity index (χ0) is 23.5. The van der Waals surface area contributed by atoms with Crippen LogP contribution in [-0.2, 0) is 9.59 Å². The highest BCUT2D eigenvalue weighted by molar-refractivity contribution is 6.23. The second-order valence-corrected chi connectivity index (χ2v) is 7.68. The third kappa shape index (κ3) is 4.57. The van der Waals surface area contributed by atoms with Crippen molar-refractivity contribution in [3.05, 3.63) is 84.4 Å². The normalized spacial score (nSPS) is 13.4. The van der Waals surface area contributed by atoms with Crippen LogP contribution in [0.15, 0.2) is 78.8 Å². The van der Waals surface area contributed by atoms with Crippen LogP contribution in [0.5, 0.6) is 0 Å². The molecule has 1 aliphatic carbocycles. The van der Waals surface area contributed by atoms with Crippen LogP contribution in [0, 0.1) is 0 Å². The van der Waals surface area contributed by atoms with Crippen LogP contribution in [0.25, 0.3) is 16.5 Å². The van der Waals surface area contributed by atoms with E-state index in [1.807, 2.05) is 37.3 Å². The summed E-state index contributed by atoms with van der Waals surface area (Å²) in [5, 5.41) is 3.94. The number of nitrogens with one attached hydrogen (secondary N) is 1. The van der Waals surface area contributed by atoms with Crippen LogP contribution in [0.2, 0.25) is 0 Å². The third-order valence-corrected chi connectivity index (χ3v) is 5.42. The molecule has 6 nitrogen and oxygen atoms in total. The minimum Gasteiger partial charge on any atom is -0.324 e. The third-order valence-electron chi connectivity index (χ3n) is 5.42. The van der Waals surface area contributed by atoms with Gasteiger partial charge in [0, 0.05) is 41.5 Å². The van der Waals surface area contributed by atoms with Gasteiger partial charge in [0.2, 0.25) is 5.95 Å². The Hall–Kier alpha value is -4.13. The number of ketones is 1. The van der Waals surface area contributed by atoms with E-state index in [0.29, 0.717) is 30.3 Å². The van der Waals surface area contributed by atoms with Gasteiger partial charge in [-0.15, -0.1) is 0 Å². The fraction of sp³-hybridized carbons (Fsp3) is 0.154. The molecule has 0 spiro atoms. The maximum atomic E-state index is 13.4. The van der Waals surface area contributed by atoms with Crippen LogP contribution >= 0.6 is 0 Å². The number of fused-ring (bicyclic) bond motifs is 1. The van der Waals surface area contributed by atoms with Crippen molar-refractivity contribution in [1.29, 1.82) is 0 Å². The number of rotatable bonds is 6. The van der Waals surface area contributed by atoms with Crippen molar-refractivity contribution in [2.24, 2.45) is 0 Å². The number of anilines is 3. The van der Waals surface area contributed by atoms with Crippen molar-refractivity contribution in [1.82, 2.24) is 9.97 Å². The molecule has 0 saturated carbocycles. The van der Waals surface area contributed by atoms with Gasteiger partial charge in [-0.3, -0.25) is 9.59 Å². The predicted molar refractivity (Wildman–Crippen MR) is 129 cm³/mol. The lowest BCUT2D eigenvalue weighted by Crippen LogP contribution is -2.30. The highest BCUT2D eigenvalue weighted by Gasteiger charge is 2.18. The van der Waals surface area contributed by atoms with Crippen LogP contribution in [0.3, 0.4) is 0 Å². The molecule has 7 heteroatoms. The van der Waals surface area contributed by atoms with Crippen molar-refractivity contribution in [2.75, 3.05) is 16.8 Å². The molecular weight excluding hydrogens is 419 g/mol. The summed E-state index contributed by atoms with van der Waals surface area (Å²) in [5.74, 6) is -1.30. The molecule has 0 unspecified atom stereocenters. The predicted octanol–water partition coefficient (Wildman–Crippen LogP) is 5.51. The average Bonchev–Trinajstić information content (AvgIpc) is 2.79. The second-order valence-electron chi connectivity index (χ2n) is 7.68. The summed E-state index contributed by atoms with van der Waals surface area (Å²) in [6, 6.07) is 12.7. The Morgan fingerprint density at radius 2 is 2.06 bits per heavy atom. The summed E-state index contributed by atoms with van der Waals surface area (Å²) in [7, 11) is 0. The number of likely N-dealkylation sites (N-methyl/N-ethyl adjacent to an activating group) is 1. The molecule has 0 radical (unpaired) electrons. The van der Waals surface area contributed by atoms with Gasteiger partial charge >= 0.3 is 0 Å². The molecular formula is C26H23FN4O2. The topological polar surface area (TPSA) is 75.2 Å². The maximum absolute atomic E-state index is 13.4. The summed E-state index contributed by atoms with van der Waals surface area (Å²) in [5.41, 5.74) is 4.44. The number of Topliss-reactive ketones (excluding diaryl/α,β-unsaturated/α-hetero) is 1. The molecule has 0 atom stereocenters. The fourth-order valence-electron chi connectivity index (χ4n) is 3.86. The first-order valence-electron chi connectivity index (χ1n) is 10.6. The van der Waals surface area contributed by atoms with Gasteiger partial charge in [0.05, 0.1) is 5.52 Å². The number of amides is 1. The van der Waals surface area contributed by atoms with E-state index in [9.17, 15) is 14.0 Å². The minimum atomic E-state index is -1.01. The minimum absolute atomic E-state index is 0.101. The number of hydrogen-bond acceptors (Lipinski definition) is 5. The maximum Gasteiger partial charge on any atom is 0.286 e. The first kappa shape index (κ1) is 22.1. The molecule has 4 rings (SSSR count). The van der Waals surface area contributed by atoms with E-state index >= 15 is 0 Å². The van der Waals surface area contributed by atoms with Crippen LogP contribution in [0.4, 0.5) is 21.7 Å². The Morgan fingerprint density at radius 3 is 2.79 bits per heavy atom. The van der Waals surface area contributed by atoms with E-state index in [-0.39, 0.29) is 5.78 Å². The van der Waals surface area contributed by atoms with E-state index in [0.717, 1.165) is 27.6 Å². The summed E-state index contributed by atoms with van der Waals surface area (Å²) in [6.45, 7) is 7.09.